The molecule has 0 fully saturated rings. The number of para-hydroxylation sites is 1. The highest BCUT2D eigenvalue weighted by Crippen LogP contribution is 2.26. The van der Waals surface area contributed by atoms with E-state index in [1.165, 1.54) is 42.1 Å². The molecule has 1 aromatic carbocycles. The number of anilines is 1. The van der Waals surface area contributed by atoms with Crippen LogP contribution >= 0.6 is 11.8 Å². The molecule has 1 aliphatic heterocycles. The largest absolute Gasteiger partial charge is 0.370 e. The lowest BCUT2D eigenvalue weighted by Crippen LogP contribution is -2.42. The lowest BCUT2D eigenvalue weighted by Gasteiger charge is -2.30. The predicted octanol–water partition coefficient (Wildman–Crippen LogP) is 4.15. The minimum atomic E-state index is 0.598. The van der Waals surface area contributed by atoms with E-state index < -0.39 is 0 Å². The van der Waals surface area contributed by atoms with E-state index >= 15 is 0 Å². The van der Waals surface area contributed by atoms with Crippen LogP contribution in [-0.4, -0.2) is 30.6 Å². The third-order valence-corrected chi connectivity index (χ3v) is 5.54. The lowest BCUT2D eigenvalue weighted by molar-refractivity contribution is 0.371. The molecule has 0 bridgehead atoms. The topological polar surface area (TPSA) is 15.3 Å². The molecule has 3 heteroatoms. The van der Waals surface area contributed by atoms with Gasteiger partial charge in [-0.1, -0.05) is 45.4 Å². The van der Waals surface area contributed by atoms with Gasteiger partial charge in [0.25, 0.3) is 0 Å². The molecule has 0 saturated carbocycles. The molecule has 0 radical (unpaired) electrons. The minimum absolute atomic E-state index is 0.598. The first-order valence-corrected chi connectivity index (χ1v) is 9.55. The molecule has 0 aliphatic carbocycles. The van der Waals surface area contributed by atoms with E-state index in [2.05, 4.69) is 67.0 Å². The van der Waals surface area contributed by atoms with Gasteiger partial charge >= 0.3 is 0 Å². The van der Waals surface area contributed by atoms with Crippen molar-refractivity contribution in [1.29, 1.82) is 0 Å². The first kappa shape index (κ1) is 16.7. The molecule has 2 atom stereocenters. The molecule has 1 aromatic rings. The van der Waals surface area contributed by atoms with E-state index in [1.807, 2.05) is 0 Å². The van der Waals surface area contributed by atoms with Crippen LogP contribution in [0.15, 0.2) is 24.3 Å². The van der Waals surface area contributed by atoms with Crippen LogP contribution in [-0.2, 0) is 6.54 Å². The van der Waals surface area contributed by atoms with Gasteiger partial charge in [0.2, 0.25) is 0 Å². The molecule has 0 saturated heterocycles. The van der Waals surface area contributed by atoms with Crippen LogP contribution in [0.1, 0.15) is 39.2 Å². The number of nitrogens with zero attached hydrogens (tertiary/aromatic N) is 1. The summed E-state index contributed by atoms with van der Waals surface area (Å²) >= 11 is 2.05. The summed E-state index contributed by atoms with van der Waals surface area (Å²) in [5.74, 6) is 3.23. The van der Waals surface area contributed by atoms with Crippen LogP contribution in [0.3, 0.4) is 0 Å². The van der Waals surface area contributed by atoms with Crippen molar-refractivity contribution in [3.63, 3.8) is 0 Å². The van der Waals surface area contributed by atoms with Gasteiger partial charge in [0.15, 0.2) is 0 Å². The van der Waals surface area contributed by atoms with Crippen LogP contribution in [0.4, 0.5) is 5.69 Å². The van der Waals surface area contributed by atoms with Gasteiger partial charge < -0.3 is 10.2 Å². The van der Waals surface area contributed by atoms with Crippen molar-refractivity contribution in [1.82, 2.24) is 5.32 Å². The summed E-state index contributed by atoms with van der Waals surface area (Å²) in [6.07, 6.45) is 2.52. The highest BCUT2D eigenvalue weighted by Gasteiger charge is 2.24. The Morgan fingerprint density at radius 1 is 1.33 bits per heavy atom. The van der Waals surface area contributed by atoms with Crippen LogP contribution in [0.5, 0.6) is 0 Å². The Balaban J connectivity index is 2.08. The predicted molar refractivity (Wildman–Crippen MR) is 96.4 cm³/mol. The molecule has 0 amide bonds. The second kappa shape index (κ2) is 8.70. The van der Waals surface area contributed by atoms with E-state index in [1.54, 1.807) is 0 Å². The SMILES string of the molecule is CCSCCCN1CC(C(C)CC)NCc2ccccc21. The lowest BCUT2D eigenvalue weighted by atomic mass is 9.99. The molecule has 2 rings (SSSR count). The van der Waals surface area contributed by atoms with Crippen LogP contribution in [0.25, 0.3) is 0 Å². The van der Waals surface area contributed by atoms with Crippen molar-refractivity contribution in [2.75, 3.05) is 29.5 Å². The van der Waals surface area contributed by atoms with E-state index in [-0.39, 0.29) is 0 Å². The maximum Gasteiger partial charge on any atom is 0.0412 e. The van der Waals surface area contributed by atoms with Gasteiger partial charge in [-0.25, -0.2) is 0 Å². The average molecular weight is 307 g/mol. The number of fused-ring (bicyclic) bond motifs is 1. The maximum atomic E-state index is 3.77. The quantitative estimate of drug-likeness (QED) is 0.762. The molecule has 0 aromatic heterocycles. The molecule has 1 heterocycles. The van der Waals surface area contributed by atoms with Crippen LogP contribution in [0, 0.1) is 5.92 Å². The third kappa shape index (κ3) is 4.65. The molecule has 21 heavy (non-hydrogen) atoms. The molecule has 2 unspecified atom stereocenters. The Hall–Kier alpha value is -0.670. The zero-order chi connectivity index (χ0) is 15.1. The Bertz CT molecular complexity index is 421. The molecular weight excluding hydrogens is 276 g/mol. The van der Waals surface area contributed by atoms with E-state index in [9.17, 15) is 0 Å². The number of nitrogens with one attached hydrogen (secondary N) is 1. The molecule has 118 valence electrons. The highest BCUT2D eigenvalue weighted by atomic mass is 32.2. The smallest absolute Gasteiger partial charge is 0.0412 e. The Labute approximate surface area is 134 Å². The Kier molecular flexibility index (Phi) is 6.91. The standard InChI is InChI=1S/C18H30N2S/c1-4-15(3)17-14-20(11-8-12-21-5-2)18-10-7-6-9-16(18)13-19-17/h6-7,9-10,15,17,19H,4-5,8,11-14H2,1-3H3. The van der Waals surface area contributed by atoms with Gasteiger partial charge in [0.05, 0.1) is 0 Å². The average Bonchev–Trinajstić information content (AvgIpc) is 2.71. The normalized spacial score (nSPS) is 20.0. The summed E-state index contributed by atoms with van der Waals surface area (Å²) in [6, 6.07) is 9.50. The zero-order valence-corrected chi connectivity index (χ0v) is 14.6. The van der Waals surface area contributed by atoms with E-state index in [0.29, 0.717) is 6.04 Å². The summed E-state index contributed by atoms with van der Waals surface area (Å²) in [4.78, 5) is 2.61. The monoisotopic (exact) mass is 306 g/mol. The Morgan fingerprint density at radius 2 is 2.14 bits per heavy atom. The first-order valence-electron chi connectivity index (χ1n) is 8.40. The van der Waals surface area contributed by atoms with E-state index in [4.69, 9.17) is 0 Å². The van der Waals surface area contributed by atoms with Crippen molar-refractivity contribution >= 4 is 17.4 Å². The maximum absolute atomic E-state index is 3.77. The van der Waals surface area contributed by atoms with Gasteiger partial charge in [-0.15, -0.1) is 0 Å². The van der Waals surface area contributed by atoms with Gasteiger partial charge in [-0.3, -0.25) is 0 Å². The van der Waals surface area contributed by atoms with Crippen molar-refractivity contribution < 1.29 is 0 Å². The first-order chi connectivity index (χ1) is 10.3. The summed E-state index contributed by atoms with van der Waals surface area (Å²) < 4.78 is 0. The van der Waals surface area contributed by atoms with E-state index in [0.717, 1.165) is 19.0 Å². The van der Waals surface area contributed by atoms with Crippen molar-refractivity contribution in [2.24, 2.45) is 5.92 Å². The van der Waals surface area contributed by atoms with Gasteiger partial charge in [-0.05, 0) is 35.5 Å². The van der Waals surface area contributed by atoms with Gasteiger partial charge in [0, 0.05) is 31.4 Å². The molecule has 1 N–H and O–H groups in total. The molecule has 2 nitrogen and oxygen atoms in total. The van der Waals surface area contributed by atoms with Crippen molar-refractivity contribution in [3.8, 4) is 0 Å². The zero-order valence-electron chi connectivity index (χ0n) is 13.8. The van der Waals surface area contributed by atoms with Crippen LogP contribution < -0.4 is 10.2 Å². The second-order valence-corrected chi connectivity index (χ2v) is 7.39. The minimum Gasteiger partial charge on any atom is -0.370 e. The number of hydrogen-bond acceptors (Lipinski definition) is 3. The fourth-order valence-corrected chi connectivity index (χ4v) is 3.61. The third-order valence-electron chi connectivity index (χ3n) is 4.56. The number of hydrogen-bond donors (Lipinski definition) is 1. The summed E-state index contributed by atoms with van der Waals surface area (Å²) in [5, 5.41) is 3.77. The fourth-order valence-electron chi connectivity index (χ4n) is 2.99. The van der Waals surface area contributed by atoms with Gasteiger partial charge in [0.1, 0.15) is 0 Å². The Morgan fingerprint density at radius 3 is 2.90 bits per heavy atom. The number of thioether (sulfide) groups is 1. The summed E-state index contributed by atoms with van der Waals surface area (Å²) in [5.41, 5.74) is 2.89. The summed E-state index contributed by atoms with van der Waals surface area (Å²) in [7, 11) is 0. The van der Waals surface area contributed by atoms with Crippen molar-refractivity contribution in [3.05, 3.63) is 29.8 Å². The molecular formula is C18H30N2S. The van der Waals surface area contributed by atoms with Gasteiger partial charge in [-0.2, -0.15) is 11.8 Å². The van der Waals surface area contributed by atoms with Crippen molar-refractivity contribution in [2.45, 2.75) is 46.2 Å². The molecule has 1 aliphatic rings. The highest BCUT2D eigenvalue weighted by molar-refractivity contribution is 7.99. The number of benzene rings is 1. The summed E-state index contributed by atoms with van der Waals surface area (Å²) in [6.45, 7) is 10.2. The molecule has 0 spiro atoms. The fraction of sp³-hybridized carbons (Fsp3) is 0.667. The second-order valence-electron chi connectivity index (χ2n) is 6.00. The van der Waals surface area contributed by atoms with Crippen LogP contribution in [0.2, 0.25) is 0 Å². The number of rotatable bonds is 7.